The zero-order valence-corrected chi connectivity index (χ0v) is 57.5. The number of rotatable bonds is 12. The van der Waals surface area contributed by atoms with Gasteiger partial charge in [0.2, 0.25) is 65.0 Å². The molecule has 2 aromatic carbocycles. The fourth-order valence-corrected chi connectivity index (χ4v) is 12.7. The van der Waals surface area contributed by atoms with Crippen LogP contribution in [0.15, 0.2) is 48.5 Å². The molecule has 5 rings (SSSR count). The molecule has 0 bridgehead atoms. The van der Waals surface area contributed by atoms with Crippen molar-refractivity contribution in [1.82, 2.24) is 55.6 Å². The molecule has 93 heavy (non-hydrogen) atoms. The molecule has 2 heterocycles. The van der Waals surface area contributed by atoms with Crippen LogP contribution in [0.2, 0.25) is 5.02 Å². The highest BCUT2D eigenvalue weighted by molar-refractivity contribution is 6.30. The van der Waals surface area contributed by atoms with Crippen molar-refractivity contribution in [3.8, 4) is 0 Å². The van der Waals surface area contributed by atoms with Crippen LogP contribution >= 0.6 is 11.6 Å². The second-order valence-corrected chi connectivity index (χ2v) is 27.5. The summed E-state index contributed by atoms with van der Waals surface area (Å²) in [6.45, 7) is 15.1. The fourth-order valence-electron chi connectivity index (χ4n) is 12.5. The van der Waals surface area contributed by atoms with E-state index in [2.05, 4.69) is 21.3 Å². The molecule has 9 atom stereocenters. The monoisotopic (exact) mass is 1330 g/mol. The SMILES string of the molecule is CC[C@H](C)[C@@H]1NC(=O)[C@H](C(C)C)N(C)C(=O)C[C@@H](C)NC(=O)[C@H](CC(C)C)N(C)C(=O)C2(CCCC2)NC(=O)[C@H](CC(C)C)N(C)C(=O)[C@H](CCc2ccc(C(F)(F)F)cc2)NC(=O)CN(C)C(=O)[C@H](Cc2ccc(Cl)cc2)N(C)C(=O)C2CCN2C(=O)CN(C)C1=O. The van der Waals surface area contributed by atoms with Crippen molar-refractivity contribution in [3.63, 3.8) is 0 Å². The van der Waals surface area contributed by atoms with Gasteiger partial charge >= 0.3 is 6.18 Å². The van der Waals surface area contributed by atoms with Crippen LogP contribution in [0, 0.1) is 23.7 Å². The van der Waals surface area contributed by atoms with Gasteiger partial charge in [-0.05, 0) is 111 Å². The third-order valence-electron chi connectivity index (χ3n) is 18.4. The number of nitrogens with zero attached hydrogens (tertiary/aromatic N) is 7. The highest BCUT2D eigenvalue weighted by Crippen LogP contribution is 2.34. The zero-order valence-electron chi connectivity index (χ0n) is 56.8. The maximum atomic E-state index is 15.2. The van der Waals surface area contributed by atoms with Crippen molar-refractivity contribution >= 4 is 76.6 Å². The van der Waals surface area contributed by atoms with Gasteiger partial charge in [0.1, 0.15) is 47.8 Å². The molecular formula is C67H99ClF3N11O11. The predicted molar refractivity (Wildman–Crippen MR) is 345 cm³/mol. The summed E-state index contributed by atoms with van der Waals surface area (Å²) in [5, 5.41) is 11.9. The number of amides is 11. The second kappa shape index (κ2) is 33.2. The molecule has 0 radical (unpaired) electrons. The first-order valence-corrected chi connectivity index (χ1v) is 32.8. The van der Waals surface area contributed by atoms with Gasteiger partial charge in [-0.2, -0.15) is 13.2 Å². The highest BCUT2D eigenvalue weighted by atomic mass is 35.5. The maximum absolute atomic E-state index is 15.2. The van der Waals surface area contributed by atoms with Crippen molar-refractivity contribution in [2.24, 2.45) is 23.7 Å². The first kappa shape index (κ1) is 76.4. The normalized spacial score (nSPS) is 25.4. The van der Waals surface area contributed by atoms with Crippen molar-refractivity contribution in [1.29, 1.82) is 0 Å². The van der Waals surface area contributed by atoms with E-state index in [4.69, 9.17) is 11.6 Å². The van der Waals surface area contributed by atoms with Crippen LogP contribution < -0.4 is 21.3 Å². The van der Waals surface area contributed by atoms with Gasteiger partial charge in [0.05, 0.1) is 18.7 Å². The largest absolute Gasteiger partial charge is 0.416 e. The molecular weight excluding hydrogens is 1230 g/mol. The van der Waals surface area contributed by atoms with Crippen LogP contribution in [0.1, 0.15) is 143 Å². The average Bonchev–Trinajstić information content (AvgIpc) is 1.76. The molecule has 3 aliphatic rings. The Morgan fingerprint density at radius 3 is 1.69 bits per heavy atom. The Kier molecular flexibility index (Phi) is 27.3. The van der Waals surface area contributed by atoms with Crippen molar-refractivity contribution in [2.75, 3.05) is 61.9 Å². The van der Waals surface area contributed by atoms with Crippen LogP contribution in [0.4, 0.5) is 13.2 Å². The van der Waals surface area contributed by atoms with Gasteiger partial charge in [-0.25, -0.2) is 0 Å². The number of hydrogen-bond acceptors (Lipinski definition) is 11. The zero-order chi connectivity index (χ0) is 69.7. The van der Waals surface area contributed by atoms with Crippen LogP contribution in [0.3, 0.4) is 0 Å². The number of hydrogen-bond donors (Lipinski definition) is 4. The molecule has 11 amide bonds. The van der Waals surface area contributed by atoms with Crippen LogP contribution in [-0.2, 0) is 71.8 Å². The van der Waals surface area contributed by atoms with Gasteiger partial charge in [-0.1, -0.05) is 111 Å². The van der Waals surface area contributed by atoms with E-state index >= 15 is 14.4 Å². The Balaban J connectivity index is 1.59. The number of alkyl halides is 3. The number of benzene rings is 2. The molecule has 4 N–H and O–H groups in total. The van der Waals surface area contributed by atoms with Crippen LogP contribution in [0.5, 0.6) is 0 Å². The van der Waals surface area contributed by atoms with Crippen LogP contribution in [-0.4, -0.2) is 215 Å². The summed E-state index contributed by atoms with van der Waals surface area (Å²) < 4.78 is 41.0. The number of carbonyl (C=O) groups excluding carboxylic acids is 11. The lowest BCUT2D eigenvalue weighted by Crippen LogP contribution is -2.64. The van der Waals surface area contributed by atoms with Gasteiger partial charge in [0, 0.05) is 72.7 Å². The topological polar surface area (TPSA) is 259 Å². The Labute approximate surface area is 551 Å². The lowest BCUT2D eigenvalue weighted by atomic mass is 9.91. The molecule has 26 heteroatoms. The standard InChI is InChI=1S/C67H99ClF3N11O11/c1-16-42(8)56-64(92)77(11)38-55(85)82-32-29-49(82)63(91)79(13)52(36-45-21-26-47(68)27-22-45)62(90)76(10)37-53(83)73-48(28-23-44-19-24-46(25-20-44)67(69,70)71)61(89)78(12)51(34-40(4)5)59(87)75-66(30-17-18-31-66)65(93)80(14)50(33-39(2)3)58(86)72-43(9)35-54(84)81(15)57(41(6)7)60(88)74-56/h19-22,24-27,39-43,48-52,56-57H,16-18,23,28-38H2,1-15H3,(H,72,86)(H,73,83)(H,74,88)(H,75,87)/t42-,43+,48-,49?,50-,51-,52-,56-,57-/m0/s1. The lowest BCUT2D eigenvalue weighted by molar-refractivity contribution is -0.157. The molecule has 1 saturated carbocycles. The Bertz CT molecular complexity index is 3000. The van der Waals surface area contributed by atoms with E-state index < -0.39 is 156 Å². The van der Waals surface area contributed by atoms with Crippen molar-refractivity contribution < 1.29 is 65.9 Å². The molecule has 22 nitrogen and oxygen atoms in total. The highest BCUT2D eigenvalue weighted by Gasteiger charge is 2.49. The van der Waals surface area contributed by atoms with E-state index in [1.54, 1.807) is 52.0 Å². The number of aryl methyl sites for hydroxylation is 1. The van der Waals surface area contributed by atoms with E-state index in [9.17, 15) is 51.5 Å². The summed E-state index contributed by atoms with van der Waals surface area (Å²) in [4.78, 5) is 169. The summed E-state index contributed by atoms with van der Waals surface area (Å²) in [5.41, 5.74) is -1.46. The van der Waals surface area contributed by atoms with Gasteiger partial charge < -0.3 is 55.6 Å². The van der Waals surface area contributed by atoms with Crippen molar-refractivity contribution in [2.45, 2.75) is 199 Å². The smallest absolute Gasteiger partial charge is 0.351 e. The summed E-state index contributed by atoms with van der Waals surface area (Å²) in [6.07, 6.45) is -2.86. The van der Waals surface area contributed by atoms with Crippen molar-refractivity contribution in [3.05, 3.63) is 70.2 Å². The van der Waals surface area contributed by atoms with Gasteiger partial charge in [-0.15, -0.1) is 0 Å². The first-order chi connectivity index (χ1) is 43.4. The van der Waals surface area contributed by atoms with E-state index in [1.165, 1.54) is 83.8 Å². The van der Waals surface area contributed by atoms with Gasteiger partial charge in [0.25, 0.3) is 0 Å². The third-order valence-corrected chi connectivity index (χ3v) is 18.6. The number of fused-ring (bicyclic) bond motifs is 1. The molecule has 516 valence electrons. The molecule has 0 aromatic heterocycles. The number of likely N-dealkylation sites (N-methyl/N-ethyl adjacent to an activating group) is 6. The molecule has 2 aliphatic heterocycles. The van der Waals surface area contributed by atoms with E-state index in [-0.39, 0.29) is 76.2 Å². The van der Waals surface area contributed by atoms with Gasteiger partial charge in [0.15, 0.2) is 0 Å². The summed E-state index contributed by atoms with van der Waals surface area (Å²) in [5.74, 6) is -8.37. The average molecular weight is 1330 g/mol. The minimum absolute atomic E-state index is 0.0293. The predicted octanol–water partition coefficient (Wildman–Crippen LogP) is 5.46. The van der Waals surface area contributed by atoms with E-state index in [0.29, 0.717) is 35.4 Å². The second-order valence-electron chi connectivity index (χ2n) is 27.0. The van der Waals surface area contributed by atoms with Crippen LogP contribution in [0.25, 0.3) is 0 Å². The molecule has 1 spiro atoms. The maximum Gasteiger partial charge on any atom is 0.416 e. The first-order valence-electron chi connectivity index (χ1n) is 32.4. The minimum atomic E-state index is -4.63. The third kappa shape index (κ3) is 19.9. The molecule has 2 saturated heterocycles. The quantitative estimate of drug-likeness (QED) is 0.207. The molecule has 3 fully saturated rings. The number of halogens is 4. The van der Waals surface area contributed by atoms with E-state index in [1.807, 2.05) is 34.6 Å². The van der Waals surface area contributed by atoms with Gasteiger partial charge in [-0.3, -0.25) is 52.7 Å². The Hall–Kier alpha value is -7.31. The van der Waals surface area contributed by atoms with E-state index in [0.717, 1.165) is 17.0 Å². The number of nitrogens with one attached hydrogen (secondary N) is 4. The molecule has 1 aliphatic carbocycles. The molecule has 2 aromatic rings. The Morgan fingerprint density at radius 2 is 1.16 bits per heavy atom. The Morgan fingerprint density at radius 1 is 0.613 bits per heavy atom. The fraction of sp³-hybridized carbons (Fsp3) is 0.657. The lowest BCUT2D eigenvalue weighted by Gasteiger charge is -2.43. The summed E-state index contributed by atoms with van der Waals surface area (Å²) in [7, 11) is 8.45. The molecule has 1 unspecified atom stereocenters. The summed E-state index contributed by atoms with van der Waals surface area (Å²) in [6, 6.07) is 1.64. The number of carbonyl (C=O) groups is 11. The summed E-state index contributed by atoms with van der Waals surface area (Å²) >= 11 is 6.24. The minimum Gasteiger partial charge on any atom is -0.351 e.